The Hall–Kier alpha value is -1.69. The summed E-state index contributed by atoms with van der Waals surface area (Å²) in [4.78, 5) is 24.8. The standard InChI is InChI=1S/C27H43NO2/c1-20(2)15-13-11-9-7-6-8-10-12-14-16-21(3)17-18-24-25(19-28)27(30)23(5)22(4)26(24)29/h20-21H,6-18H2,1-5H3/t21-/m0/s1. The van der Waals surface area contributed by atoms with Crippen LogP contribution in [0.2, 0.25) is 0 Å². The fourth-order valence-corrected chi connectivity index (χ4v) is 4.18. The molecule has 3 nitrogen and oxygen atoms in total. The van der Waals surface area contributed by atoms with Gasteiger partial charge in [-0.05, 0) is 38.5 Å². The topological polar surface area (TPSA) is 57.9 Å². The van der Waals surface area contributed by atoms with Crippen LogP contribution in [0.5, 0.6) is 0 Å². The molecule has 0 heterocycles. The zero-order valence-corrected chi connectivity index (χ0v) is 20.1. The number of nitriles is 1. The van der Waals surface area contributed by atoms with E-state index in [4.69, 9.17) is 0 Å². The van der Waals surface area contributed by atoms with Crippen molar-refractivity contribution in [2.75, 3.05) is 0 Å². The van der Waals surface area contributed by atoms with Crippen molar-refractivity contribution in [1.29, 1.82) is 5.26 Å². The molecule has 0 aromatic rings. The van der Waals surface area contributed by atoms with E-state index < -0.39 is 0 Å². The highest BCUT2D eigenvalue weighted by atomic mass is 16.1. The average Bonchev–Trinajstić information content (AvgIpc) is 2.71. The van der Waals surface area contributed by atoms with Crippen LogP contribution in [0.25, 0.3) is 0 Å². The Bertz CT molecular complexity index is 675. The number of rotatable bonds is 15. The number of ketones is 2. The van der Waals surface area contributed by atoms with E-state index >= 15 is 0 Å². The SMILES string of the molecule is CC1=C(C)C(=O)C(CC[C@@H](C)CCCCCCCCCCCC(C)C)=C(C#N)C1=O. The van der Waals surface area contributed by atoms with E-state index in [1.165, 1.54) is 64.2 Å². The third-order valence-corrected chi connectivity index (χ3v) is 6.52. The summed E-state index contributed by atoms with van der Waals surface area (Å²) in [6.07, 6.45) is 16.0. The predicted molar refractivity (Wildman–Crippen MR) is 125 cm³/mol. The van der Waals surface area contributed by atoms with E-state index in [1.54, 1.807) is 13.8 Å². The Morgan fingerprint density at radius 1 is 0.700 bits per heavy atom. The van der Waals surface area contributed by atoms with E-state index in [2.05, 4.69) is 20.8 Å². The van der Waals surface area contributed by atoms with Crippen molar-refractivity contribution in [1.82, 2.24) is 0 Å². The van der Waals surface area contributed by atoms with E-state index in [0.717, 1.165) is 18.8 Å². The summed E-state index contributed by atoms with van der Waals surface area (Å²) in [5, 5.41) is 9.34. The van der Waals surface area contributed by atoms with Crippen LogP contribution in [0.1, 0.15) is 118 Å². The van der Waals surface area contributed by atoms with E-state index in [0.29, 0.717) is 29.1 Å². The molecule has 0 amide bonds. The van der Waals surface area contributed by atoms with Crippen molar-refractivity contribution < 1.29 is 9.59 Å². The molecule has 3 heteroatoms. The van der Waals surface area contributed by atoms with Gasteiger partial charge in [0.05, 0.1) is 0 Å². The highest BCUT2D eigenvalue weighted by Crippen LogP contribution is 2.29. The molecule has 0 N–H and O–H groups in total. The minimum atomic E-state index is -0.267. The molecule has 0 unspecified atom stereocenters. The van der Waals surface area contributed by atoms with Crippen LogP contribution in [-0.2, 0) is 9.59 Å². The summed E-state index contributed by atoms with van der Waals surface area (Å²) < 4.78 is 0. The molecule has 1 aliphatic carbocycles. The minimum absolute atomic E-state index is 0.0690. The predicted octanol–water partition coefficient (Wildman–Crippen LogP) is 7.66. The van der Waals surface area contributed by atoms with Gasteiger partial charge in [-0.2, -0.15) is 5.26 Å². The maximum atomic E-state index is 12.5. The summed E-state index contributed by atoms with van der Waals surface area (Å²) in [5.41, 5.74) is 1.43. The van der Waals surface area contributed by atoms with Gasteiger partial charge in [-0.3, -0.25) is 9.59 Å². The third-order valence-electron chi connectivity index (χ3n) is 6.52. The van der Waals surface area contributed by atoms with Crippen molar-refractivity contribution in [2.24, 2.45) is 11.8 Å². The number of nitrogens with zero attached hydrogens (tertiary/aromatic N) is 1. The van der Waals surface area contributed by atoms with E-state index in [-0.39, 0.29) is 17.1 Å². The van der Waals surface area contributed by atoms with Gasteiger partial charge in [-0.1, -0.05) is 91.4 Å². The molecule has 0 saturated heterocycles. The second-order valence-corrected chi connectivity index (χ2v) is 9.67. The van der Waals surface area contributed by atoms with Gasteiger partial charge in [0, 0.05) is 16.7 Å². The van der Waals surface area contributed by atoms with Crippen molar-refractivity contribution >= 4 is 11.6 Å². The van der Waals surface area contributed by atoms with Crippen LogP contribution in [0.3, 0.4) is 0 Å². The lowest BCUT2D eigenvalue weighted by atomic mass is 9.82. The fourth-order valence-electron chi connectivity index (χ4n) is 4.18. The lowest BCUT2D eigenvalue weighted by Crippen LogP contribution is -2.21. The molecule has 168 valence electrons. The molecule has 1 rings (SSSR count). The van der Waals surface area contributed by atoms with Crippen molar-refractivity contribution in [2.45, 2.75) is 118 Å². The average molecular weight is 414 g/mol. The molecule has 0 aromatic carbocycles. The minimum Gasteiger partial charge on any atom is -0.289 e. The Balaban J connectivity index is 2.17. The maximum Gasteiger partial charge on any atom is 0.200 e. The quantitative estimate of drug-likeness (QED) is 0.204. The van der Waals surface area contributed by atoms with Crippen LogP contribution in [0, 0.1) is 23.2 Å². The van der Waals surface area contributed by atoms with Gasteiger partial charge in [-0.15, -0.1) is 0 Å². The number of hydrogen-bond donors (Lipinski definition) is 0. The maximum absolute atomic E-state index is 12.5. The van der Waals surface area contributed by atoms with Crippen molar-refractivity contribution in [3.05, 3.63) is 22.3 Å². The zero-order chi connectivity index (χ0) is 22.5. The van der Waals surface area contributed by atoms with Gasteiger partial charge in [-0.25, -0.2) is 0 Å². The van der Waals surface area contributed by atoms with Gasteiger partial charge < -0.3 is 0 Å². The fraction of sp³-hybridized carbons (Fsp3) is 0.741. The zero-order valence-electron chi connectivity index (χ0n) is 20.1. The number of unbranched alkanes of at least 4 members (excludes halogenated alkanes) is 8. The summed E-state index contributed by atoms with van der Waals surface area (Å²) >= 11 is 0. The molecule has 0 radical (unpaired) electrons. The molecular formula is C27H43NO2. The molecule has 0 saturated carbocycles. The Labute approximate surface area is 185 Å². The molecule has 0 spiro atoms. The van der Waals surface area contributed by atoms with Crippen molar-refractivity contribution in [3.63, 3.8) is 0 Å². The molecule has 0 aromatic heterocycles. The normalized spacial score (nSPS) is 15.9. The molecule has 30 heavy (non-hydrogen) atoms. The van der Waals surface area contributed by atoms with Crippen LogP contribution >= 0.6 is 0 Å². The molecule has 0 bridgehead atoms. The lowest BCUT2D eigenvalue weighted by Gasteiger charge is -2.18. The first-order valence-electron chi connectivity index (χ1n) is 12.2. The molecular weight excluding hydrogens is 370 g/mol. The monoisotopic (exact) mass is 413 g/mol. The van der Waals surface area contributed by atoms with E-state index in [1.807, 2.05) is 6.07 Å². The van der Waals surface area contributed by atoms with Gasteiger partial charge in [0.1, 0.15) is 11.6 Å². The van der Waals surface area contributed by atoms with Gasteiger partial charge >= 0.3 is 0 Å². The summed E-state index contributed by atoms with van der Waals surface area (Å²) in [7, 11) is 0. The number of allylic oxidation sites excluding steroid dienone is 4. The molecule has 0 fully saturated rings. The molecule has 0 aliphatic heterocycles. The Morgan fingerprint density at radius 2 is 1.17 bits per heavy atom. The number of carbonyl (C=O) groups excluding carboxylic acids is 2. The van der Waals surface area contributed by atoms with Crippen LogP contribution in [-0.4, -0.2) is 11.6 Å². The Morgan fingerprint density at radius 3 is 1.67 bits per heavy atom. The first-order valence-corrected chi connectivity index (χ1v) is 12.2. The summed E-state index contributed by atoms with van der Waals surface area (Å²) in [5.74, 6) is 0.971. The van der Waals surface area contributed by atoms with Gasteiger partial charge in [0.25, 0.3) is 0 Å². The second kappa shape index (κ2) is 14.3. The molecule has 1 aliphatic rings. The largest absolute Gasteiger partial charge is 0.289 e. The summed E-state index contributed by atoms with van der Waals surface area (Å²) in [6.45, 7) is 10.2. The summed E-state index contributed by atoms with van der Waals surface area (Å²) in [6, 6.07) is 1.98. The smallest absolute Gasteiger partial charge is 0.200 e. The number of hydrogen-bond acceptors (Lipinski definition) is 3. The van der Waals surface area contributed by atoms with Crippen LogP contribution < -0.4 is 0 Å². The van der Waals surface area contributed by atoms with Crippen LogP contribution in [0.4, 0.5) is 0 Å². The second-order valence-electron chi connectivity index (χ2n) is 9.67. The highest BCUT2D eigenvalue weighted by molar-refractivity contribution is 6.26. The number of carbonyl (C=O) groups is 2. The first-order chi connectivity index (χ1) is 14.3. The highest BCUT2D eigenvalue weighted by Gasteiger charge is 2.30. The van der Waals surface area contributed by atoms with Gasteiger partial charge in [0.15, 0.2) is 11.6 Å². The van der Waals surface area contributed by atoms with Crippen LogP contribution in [0.15, 0.2) is 22.3 Å². The lowest BCUT2D eigenvalue weighted by molar-refractivity contribution is -0.116. The Kier molecular flexibility index (Phi) is 12.6. The first kappa shape index (κ1) is 26.3. The third kappa shape index (κ3) is 8.99. The van der Waals surface area contributed by atoms with Crippen molar-refractivity contribution in [3.8, 4) is 6.07 Å². The molecule has 1 atom stereocenters. The van der Waals surface area contributed by atoms with E-state index in [9.17, 15) is 14.9 Å². The number of Topliss-reactive ketones (excluding diaryl/α,β-unsaturated/α-hetero) is 2. The van der Waals surface area contributed by atoms with Gasteiger partial charge in [0.2, 0.25) is 0 Å².